The second kappa shape index (κ2) is 3.40. The number of carbonyl (C=O) groups excluding carboxylic acids is 2. The van der Waals surface area contributed by atoms with Gasteiger partial charge in [-0.15, -0.1) is 0 Å². The van der Waals surface area contributed by atoms with Crippen molar-refractivity contribution in [2.75, 3.05) is 0 Å². The highest BCUT2D eigenvalue weighted by Crippen LogP contribution is 2.52. The first kappa shape index (κ1) is 10.5. The molecule has 0 aromatic heterocycles. The monoisotopic (exact) mass is 230 g/mol. The number of imide groups is 1. The van der Waals surface area contributed by atoms with Crippen molar-refractivity contribution in [1.82, 2.24) is 4.90 Å². The standard InChI is InChI=1S/C13H14N2O2/c14-10-8-11(16)15(12(10)17)13(6-7-13)9-4-2-1-3-5-9/h1-5,10H,6-8,14H2/t10-/m0/s1. The summed E-state index contributed by atoms with van der Waals surface area (Å²) in [5, 5.41) is 0. The topological polar surface area (TPSA) is 63.4 Å². The largest absolute Gasteiger partial charge is 0.319 e. The summed E-state index contributed by atoms with van der Waals surface area (Å²) in [6.07, 6.45) is 1.84. The lowest BCUT2D eigenvalue weighted by atomic mass is 10.0. The highest BCUT2D eigenvalue weighted by molar-refractivity contribution is 6.06. The Hall–Kier alpha value is -1.68. The zero-order valence-electron chi connectivity index (χ0n) is 9.43. The van der Waals surface area contributed by atoms with E-state index in [0.29, 0.717) is 0 Å². The van der Waals surface area contributed by atoms with Gasteiger partial charge in [0.15, 0.2) is 0 Å². The first-order valence-corrected chi connectivity index (χ1v) is 5.83. The molecule has 2 aliphatic rings. The van der Waals surface area contributed by atoms with Crippen LogP contribution in [-0.4, -0.2) is 22.8 Å². The molecule has 3 rings (SSSR count). The molecule has 2 N–H and O–H groups in total. The second-order valence-corrected chi connectivity index (χ2v) is 4.78. The molecule has 88 valence electrons. The number of amides is 2. The van der Waals surface area contributed by atoms with Gasteiger partial charge in [0.05, 0.1) is 18.0 Å². The van der Waals surface area contributed by atoms with Crippen LogP contribution in [0.4, 0.5) is 0 Å². The van der Waals surface area contributed by atoms with Crippen LogP contribution in [0.15, 0.2) is 30.3 Å². The van der Waals surface area contributed by atoms with Gasteiger partial charge in [-0.25, -0.2) is 0 Å². The van der Waals surface area contributed by atoms with Gasteiger partial charge in [-0.05, 0) is 18.4 Å². The molecule has 1 aliphatic carbocycles. The highest BCUT2D eigenvalue weighted by Gasteiger charge is 2.57. The van der Waals surface area contributed by atoms with Crippen molar-refractivity contribution < 1.29 is 9.59 Å². The van der Waals surface area contributed by atoms with E-state index >= 15 is 0 Å². The van der Waals surface area contributed by atoms with Gasteiger partial charge < -0.3 is 5.73 Å². The van der Waals surface area contributed by atoms with Crippen LogP contribution in [0.3, 0.4) is 0 Å². The molecule has 0 bridgehead atoms. The van der Waals surface area contributed by atoms with E-state index in [2.05, 4.69) is 0 Å². The summed E-state index contributed by atoms with van der Waals surface area (Å²) >= 11 is 0. The minimum absolute atomic E-state index is 0.135. The maximum absolute atomic E-state index is 12.0. The lowest BCUT2D eigenvalue weighted by Gasteiger charge is -2.26. The average molecular weight is 230 g/mol. The third-order valence-corrected chi connectivity index (χ3v) is 3.64. The van der Waals surface area contributed by atoms with Crippen LogP contribution in [0.1, 0.15) is 24.8 Å². The fraction of sp³-hybridized carbons (Fsp3) is 0.385. The van der Waals surface area contributed by atoms with Crippen LogP contribution < -0.4 is 5.73 Å². The van der Waals surface area contributed by atoms with E-state index in [4.69, 9.17) is 5.73 Å². The molecule has 1 heterocycles. The number of nitrogens with zero attached hydrogens (tertiary/aromatic N) is 1. The smallest absolute Gasteiger partial charge is 0.247 e. The zero-order chi connectivity index (χ0) is 12.0. The maximum atomic E-state index is 12.0. The summed E-state index contributed by atoms with van der Waals surface area (Å²) in [6, 6.07) is 9.08. The molecule has 0 unspecified atom stereocenters. The minimum atomic E-state index is -0.649. The summed E-state index contributed by atoms with van der Waals surface area (Å²) in [5.74, 6) is -0.361. The molecule has 4 heteroatoms. The van der Waals surface area contributed by atoms with Crippen LogP contribution in [0.5, 0.6) is 0 Å². The van der Waals surface area contributed by atoms with Crippen molar-refractivity contribution in [3.63, 3.8) is 0 Å². The predicted molar refractivity (Wildman–Crippen MR) is 61.8 cm³/mol. The first-order valence-electron chi connectivity index (χ1n) is 5.83. The third-order valence-electron chi connectivity index (χ3n) is 3.64. The molecule has 1 aromatic carbocycles. The number of nitrogens with two attached hydrogens (primary N) is 1. The predicted octanol–water partition coefficient (Wildman–Crippen LogP) is 0.762. The van der Waals surface area contributed by atoms with Gasteiger partial charge in [-0.2, -0.15) is 0 Å². The van der Waals surface area contributed by atoms with Gasteiger partial charge in [0.1, 0.15) is 0 Å². The third kappa shape index (κ3) is 1.41. The van der Waals surface area contributed by atoms with E-state index in [9.17, 15) is 9.59 Å². The number of carbonyl (C=O) groups is 2. The van der Waals surface area contributed by atoms with E-state index in [1.54, 1.807) is 0 Å². The average Bonchev–Trinajstić information content (AvgIpc) is 3.07. The number of likely N-dealkylation sites (tertiary alicyclic amines) is 1. The van der Waals surface area contributed by atoms with Gasteiger partial charge in [0.2, 0.25) is 11.8 Å². The van der Waals surface area contributed by atoms with Crippen molar-refractivity contribution in [3.8, 4) is 0 Å². The number of benzene rings is 1. The van der Waals surface area contributed by atoms with E-state index in [1.165, 1.54) is 4.90 Å². The fourth-order valence-electron chi connectivity index (χ4n) is 2.61. The molecule has 1 saturated heterocycles. The van der Waals surface area contributed by atoms with Crippen molar-refractivity contribution >= 4 is 11.8 Å². The summed E-state index contributed by atoms with van der Waals surface area (Å²) in [4.78, 5) is 25.2. The number of hydrogen-bond acceptors (Lipinski definition) is 3. The Morgan fingerprint density at radius 1 is 1.18 bits per heavy atom. The molecular formula is C13H14N2O2. The number of hydrogen-bond donors (Lipinski definition) is 1. The molecule has 2 amide bonds. The summed E-state index contributed by atoms with van der Waals surface area (Å²) in [6.45, 7) is 0. The van der Waals surface area contributed by atoms with Crippen LogP contribution >= 0.6 is 0 Å². The van der Waals surface area contributed by atoms with Gasteiger partial charge in [0.25, 0.3) is 0 Å². The zero-order valence-corrected chi connectivity index (χ0v) is 9.43. The van der Waals surface area contributed by atoms with Crippen LogP contribution in [0.2, 0.25) is 0 Å². The molecule has 1 atom stereocenters. The van der Waals surface area contributed by atoms with Crippen molar-refractivity contribution in [2.24, 2.45) is 5.73 Å². The van der Waals surface area contributed by atoms with Crippen molar-refractivity contribution in [2.45, 2.75) is 30.8 Å². The van der Waals surface area contributed by atoms with Gasteiger partial charge >= 0.3 is 0 Å². The molecule has 0 radical (unpaired) electrons. The lowest BCUT2D eigenvalue weighted by Crippen LogP contribution is -2.42. The summed E-state index contributed by atoms with van der Waals surface area (Å²) in [7, 11) is 0. The van der Waals surface area contributed by atoms with Crippen LogP contribution in [-0.2, 0) is 15.1 Å². The Morgan fingerprint density at radius 2 is 1.82 bits per heavy atom. The van der Waals surface area contributed by atoms with E-state index in [-0.39, 0.29) is 18.2 Å². The minimum Gasteiger partial charge on any atom is -0.319 e. The quantitative estimate of drug-likeness (QED) is 0.763. The molecule has 17 heavy (non-hydrogen) atoms. The van der Waals surface area contributed by atoms with E-state index < -0.39 is 11.6 Å². The summed E-state index contributed by atoms with van der Waals surface area (Å²) < 4.78 is 0. The fourth-order valence-corrected chi connectivity index (χ4v) is 2.61. The second-order valence-electron chi connectivity index (χ2n) is 4.78. The van der Waals surface area contributed by atoms with E-state index in [0.717, 1.165) is 18.4 Å². The number of rotatable bonds is 2. The first-order chi connectivity index (χ1) is 8.15. The summed E-state index contributed by atoms with van der Waals surface area (Å²) in [5.41, 5.74) is 6.29. The normalized spacial score (nSPS) is 26.4. The van der Waals surface area contributed by atoms with Gasteiger partial charge in [-0.3, -0.25) is 14.5 Å². The SMILES string of the molecule is N[C@H]1CC(=O)N(C2(c3ccccc3)CC2)C1=O. The highest BCUT2D eigenvalue weighted by atomic mass is 16.2. The Kier molecular flexibility index (Phi) is 2.10. The van der Waals surface area contributed by atoms with Crippen LogP contribution in [0.25, 0.3) is 0 Å². The Morgan fingerprint density at radius 3 is 2.29 bits per heavy atom. The van der Waals surface area contributed by atoms with E-state index in [1.807, 2.05) is 30.3 Å². The van der Waals surface area contributed by atoms with Crippen molar-refractivity contribution in [3.05, 3.63) is 35.9 Å². The Labute approximate surface area is 99.4 Å². The van der Waals surface area contributed by atoms with Gasteiger partial charge in [-0.1, -0.05) is 30.3 Å². The molecular weight excluding hydrogens is 216 g/mol. The molecule has 1 aliphatic heterocycles. The molecule has 1 saturated carbocycles. The molecule has 1 aromatic rings. The van der Waals surface area contributed by atoms with Gasteiger partial charge in [0, 0.05) is 0 Å². The molecule has 2 fully saturated rings. The Balaban J connectivity index is 2.00. The maximum Gasteiger partial charge on any atom is 0.247 e. The Bertz CT molecular complexity index is 479. The lowest BCUT2D eigenvalue weighted by molar-refractivity contribution is -0.142. The van der Waals surface area contributed by atoms with Crippen molar-refractivity contribution in [1.29, 1.82) is 0 Å². The van der Waals surface area contributed by atoms with Crippen LogP contribution in [0, 0.1) is 0 Å². The molecule has 4 nitrogen and oxygen atoms in total. The molecule has 0 spiro atoms.